The highest BCUT2D eigenvalue weighted by atomic mass is 16.6. The number of nitro groups is 1. The second-order valence-corrected chi connectivity index (χ2v) is 7.80. The van der Waals surface area contributed by atoms with E-state index in [1.165, 1.54) is 18.3 Å². The van der Waals surface area contributed by atoms with Crippen LogP contribution in [0.4, 0.5) is 5.69 Å². The van der Waals surface area contributed by atoms with Gasteiger partial charge in [0, 0.05) is 6.07 Å². The Labute approximate surface area is 206 Å². The van der Waals surface area contributed by atoms with Crippen LogP contribution in [0.25, 0.3) is 10.8 Å². The van der Waals surface area contributed by atoms with Crippen molar-refractivity contribution >= 4 is 34.6 Å². The Morgan fingerprint density at radius 3 is 2.53 bits per heavy atom. The number of hydrogen-bond acceptors (Lipinski definition) is 7. The minimum absolute atomic E-state index is 0.00151. The molecule has 0 aliphatic carbocycles. The number of carbonyl (C=O) groups is 2. The minimum Gasteiger partial charge on any atom is -0.477 e. The third kappa shape index (κ3) is 5.89. The van der Waals surface area contributed by atoms with Crippen LogP contribution in [-0.4, -0.2) is 29.6 Å². The van der Waals surface area contributed by atoms with Gasteiger partial charge >= 0.3 is 11.7 Å². The molecular formula is C27H21N3O6. The second kappa shape index (κ2) is 10.9. The summed E-state index contributed by atoms with van der Waals surface area (Å²) < 4.78 is 10.8. The first-order valence-corrected chi connectivity index (χ1v) is 10.9. The van der Waals surface area contributed by atoms with E-state index >= 15 is 0 Å². The van der Waals surface area contributed by atoms with Crippen molar-refractivity contribution in [3.63, 3.8) is 0 Å². The van der Waals surface area contributed by atoms with Crippen LogP contribution in [0.15, 0.2) is 90.0 Å². The molecule has 4 rings (SSSR count). The molecule has 0 bridgehead atoms. The zero-order valence-corrected chi connectivity index (χ0v) is 19.2. The van der Waals surface area contributed by atoms with Crippen LogP contribution in [-0.2, 0) is 4.79 Å². The normalized spacial score (nSPS) is 10.8. The molecule has 0 aromatic heterocycles. The molecule has 0 unspecified atom stereocenters. The van der Waals surface area contributed by atoms with Gasteiger partial charge in [0.2, 0.25) is 0 Å². The number of nitrogens with one attached hydrogen (secondary N) is 1. The number of nitrogens with zero attached hydrogens (tertiary/aromatic N) is 2. The minimum atomic E-state index is -0.582. The van der Waals surface area contributed by atoms with Gasteiger partial charge in [-0.15, -0.1) is 0 Å². The van der Waals surface area contributed by atoms with E-state index in [0.717, 1.165) is 10.8 Å². The van der Waals surface area contributed by atoms with E-state index in [0.29, 0.717) is 22.4 Å². The molecule has 4 aromatic carbocycles. The summed E-state index contributed by atoms with van der Waals surface area (Å²) in [5, 5.41) is 16.7. The summed E-state index contributed by atoms with van der Waals surface area (Å²) in [4.78, 5) is 35.2. The van der Waals surface area contributed by atoms with Crippen molar-refractivity contribution in [1.82, 2.24) is 5.43 Å². The fourth-order valence-electron chi connectivity index (χ4n) is 3.43. The lowest BCUT2D eigenvalue weighted by Gasteiger charge is -2.07. The molecule has 9 nitrogen and oxygen atoms in total. The largest absolute Gasteiger partial charge is 0.477 e. The molecule has 0 aliphatic rings. The molecule has 36 heavy (non-hydrogen) atoms. The number of hydrazone groups is 1. The standard InChI is InChI=1S/C27H21N3O6/c1-18-9-14-25(24(15-18)30(33)34)35-17-26(31)29-28-16-19-10-12-21(13-11-19)36-27(32)23-8-4-6-20-5-2-3-7-22(20)23/h2-16H,17H2,1H3,(H,29,31). The maximum Gasteiger partial charge on any atom is 0.344 e. The summed E-state index contributed by atoms with van der Waals surface area (Å²) in [7, 11) is 0. The fraction of sp³-hybridized carbons (Fsp3) is 0.0741. The number of aryl methyl sites for hydroxylation is 1. The van der Waals surface area contributed by atoms with Gasteiger partial charge in [0.15, 0.2) is 12.4 Å². The Balaban J connectivity index is 1.30. The molecule has 0 atom stereocenters. The predicted molar refractivity (Wildman–Crippen MR) is 134 cm³/mol. The SMILES string of the molecule is Cc1ccc(OCC(=O)NN=Cc2ccc(OC(=O)c3cccc4ccccc34)cc2)c([N+](=O)[O-])c1. The first-order chi connectivity index (χ1) is 17.4. The van der Waals surface area contributed by atoms with E-state index in [2.05, 4.69) is 10.5 Å². The monoisotopic (exact) mass is 483 g/mol. The van der Waals surface area contributed by atoms with E-state index in [9.17, 15) is 19.7 Å². The van der Waals surface area contributed by atoms with Gasteiger partial charge in [0.1, 0.15) is 5.75 Å². The number of benzene rings is 4. The Morgan fingerprint density at radius 2 is 1.75 bits per heavy atom. The molecule has 0 fully saturated rings. The molecule has 180 valence electrons. The number of ether oxygens (including phenoxy) is 2. The van der Waals surface area contributed by atoms with E-state index in [-0.39, 0.29) is 11.4 Å². The highest BCUT2D eigenvalue weighted by Gasteiger charge is 2.16. The van der Waals surface area contributed by atoms with Gasteiger partial charge < -0.3 is 9.47 Å². The number of carbonyl (C=O) groups excluding carboxylic acids is 2. The van der Waals surface area contributed by atoms with Gasteiger partial charge in [-0.25, -0.2) is 10.2 Å². The summed E-state index contributed by atoms with van der Waals surface area (Å²) in [6, 6.07) is 24.1. The van der Waals surface area contributed by atoms with Crippen LogP contribution in [0.5, 0.6) is 11.5 Å². The summed E-state index contributed by atoms with van der Waals surface area (Å²) in [5.74, 6) is -0.684. The zero-order valence-electron chi connectivity index (χ0n) is 19.2. The number of amides is 1. The molecule has 0 aliphatic heterocycles. The average molecular weight is 483 g/mol. The third-order valence-electron chi connectivity index (χ3n) is 5.17. The van der Waals surface area contributed by atoms with Crippen molar-refractivity contribution in [3.05, 3.63) is 112 Å². The lowest BCUT2D eigenvalue weighted by Crippen LogP contribution is -2.24. The summed E-state index contributed by atoms with van der Waals surface area (Å²) in [6.07, 6.45) is 1.41. The van der Waals surface area contributed by atoms with Crippen molar-refractivity contribution in [2.75, 3.05) is 6.61 Å². The molecule has 4 aromatic rings. The molecular weight excluding hydrogens is 462 g/mol. The van der Waals surface area contributed by atoms with Crippen molar-refractivity contribution in [3.8, 4) is 11.5 Å². The topological polar surface area (TPSA) is 120 Å². The van der Waals surface area contributed by atoms with Crippen molar-refractivity contribution in [2.45, 2.75) is 6.92 Å². The molecule has 0 saturated carbocycles. The number of fused-ring (bicyclic) bond motifs is 1. The van der Waals surface area contributed by atoms with Crippen LogP contribution in [0.3, 0.4) is 0 Å². The predicted octanol–water partition coefficient (Wildman–Crippen LogP) is 4.80. The Morgan fingerprint density at radius 1 is 1.00 bits per heavy atom. The Bertz CT molecular complexity index is 1460. The van der Waals surface area contributed by atoms with Gasteiger partial charge in [-0.1, -0.05) is 42.5 Å². The summed E-state index contributed by atoms with van der Waals surface area (Å²) in [6.45, 7) is 1.28. The number of hydrogen-bond donors (Lipinski definition) is 1. The highest BCUT2D eigenvalue weighted by molar-refractivity contribution is 6.05. The Kier molecular flexibility index (Phi) is 7.30. The van der Waals surface area contributed by atoms with Gasteiger partial charge in [-0.05, 0) is 65.2 Å². The van der Waals surface area contributed by atoms with E-state index in [1.807, 2.05) is 30.3 Å². The van der Waals surface area contributed by atoms with Crippen LogP contribution >= 0.6 is 0 Å². The second-order valence-electron chi connectivity index (χ2n) is 7.80. The number of rotatable bonds is 8. The fourth-order valence-corrected chi connectivity index (χ4v) is 3.43. The van der Waals surface area contributed by atoms with Crippen LogP contribution in [0.1, 0.15) is 21.5 Å². The first kappa shape index (κ1) is 24.1. The quantitative estimate of drug-likeness (QED) is 0.126. The Hall–Kier alpha value is -5.05. The summed E-state index contributed by atoms with van der Waals surface area (Å²) in [5.41, 5.74) is 3.91. The molecule has 9 heteroatoms. The van der Waals surface area contributed by atoms with Gasteiger partial charge in [0.25, 0.3) is 5.91 Å². The zero-order chi connectivity index (χ0) is 25.5. The number of esters is 1. The third-order valence-corrected chi connectivity index (χ3v) is 5.17. The van der Waals surface area contributed by atoms with Gasteiger partial charge in [-0.2, -0.15) is 5.10 Å². The maximum atomic E-state index is 12.7. The molecule has 1 amide bonds. The van der Waals surface area contributed by atoms with Crippen molar-refractivity contribution in [1.29, 1.82) is 0 Å². The van der Waals surface area contributed by atoms with Crippen molar-refractivity contribution < 1.29 is 24.0 Å². The lowest BCUT2D eigenvalue weighted by molar-refractivity contribution is -0.385. The van der Waals surface area contributed by atoms with Crippen LogP contribution in [0, 0.1) is 17.0 Å². The highest BCUT2D eigenvalue weighted by Crippen LogP contribution is 2.27. The molecule has 0 saturated heterocycles. The molecule has 0 spiro atoms. The average Bonchev–Trinajstić information content (AvgIpc) is 2.88. The molecule has 1 N–H and O–H groups in total. The van der Waals surface area contributed by atoms with Crippen LogP contribution < -0.4 is 14.9 Å². The van der Waals surface area contributed by atoms with Gasteiger partial charge in [-0.3, -0.25) is 14.9 Å². The molecule has 0 radical (unpaired) electrons. The first-order valence-electron chi connectivity index (χ1n) is 10.9. The van der Waals surface area contributed by atoms with E-state index < -0.39 is 23.4 Å². The van der Waals surface area contributed by atoms with Crippen LogP contribution in [0.2, 0.25) is 0 Å². The summed E-state index contributed by atoms with van der Waals surface area (Å²) >= 11 is 0. The smallest absolute Gasteiger partial charge is 0.344 e. The maximum absolute atomic E-state index is 12.7. The lowest BCUT2D eigenvalue weighted by atomic mass is 10.0. The van der Waals surface area contributed by atoms with E-state index in [4.69, 9.17) is 9.47 Å². The van der Waals surface area contributed by atoms with Gasteiger partial charge in [0.05, 0.1) is 16.7 Å². The van der Waals surface area contributed by atoms with E-state index in [1.54, 1.807) is 49.4 Å². The molecule has 0 heterocycles. The number of nitro benzene ring substituents is 1. The van der Waals surface area contributed by atoms with Crippen molar-refractivity contribution in [2.24, 2.45) is 5.10 Å².